The van der Waals surface area contributed by atoms with E-state index in [1.165, 1.54) is 0 Å². The topological polar surface area (TPSA) is 68.0 Å². The minimum absolute atomic E-state index is 0.00737. The van der Waals surface area contributed by atoms with Crippen molar-refractivity contribution in [1.29, 1.82) is 0 Å². The van der Waals surface area contributed by atoms with Crippen LogP contribution in [0.4, 0.5) is 5.69 Å². The number of hydrogen-bond donors (Lipinski definition) is 1. The van der Waals surface area contributed by atoms with Crippen molar-refractivity contribution in [2.75, 3.05) is 11.9 Å². The Balaban J connectivity index is 2.11. The summed E-state index contributed by atoms with van der Waals surface area (Å²) < 4.78 is 5.62. The normalized spacial score (nSPS) is 11.7. The van der Waals surface area contributed by atoms with E-state index in [4.69, 9.17) is 11.3 Å². The maximum atomic E-state index is 12.8. The number of carbonyl (C=O) groups excluding carboxylic acids is 2. The average Bonchev–Trinajstić information content (AvgIpc) is 2.73. The number of ether oxygens (including phenoxy) is 1. The van der Waals surface area contributed by atoms with Crippen molar-refractivity contribution in [2.24, 2.45) is 5.92 Å². The number of aliphatic hydroxyl groups is 1. The second-order valence-electron chi connectivity index (χ2n) is 7.42. The number of ketones is 2. The number of carbonyl (C=O) groups is 2. The van der Waals surface area contributed by atoms with Crippen LogP contribution in [0.25, 0.3) is 4.85 Å². The SMILES string of the molecule is [C-]#[N+]c1cc(C(=O)C[C@H](CCO)Cc2ccc(C(=O)CBr)cc2)ccc1OC(C)C. The van der Waals surface area contributed by atoms with Crippen molar-refractivity contribution in [2.45, 2.75) is 39.2 Å². The standard InChI is InChI=1S/C24H26BrNO4/c1-16(2)30-24-9-8-20(14-21(24)26-3)22(28)13-18(10-11-27)12-17-4-6-19(7-5-17)23(29)15-25/h4-9,14,16,18,27H,10-13,15H2,1-2H3/t18-/m1/s1. The molecular weight excluding hydrogens is 446 g/mol. The Labute approximate surface area is 186 Å². The van der Waals surface area contributed by atoms with E-state index in [0.29, 0.717) is 35.4 Å². The third-order valence-electron chi connectivity index (χ3n) is 4.70. The first kappa shape index (κ1) is 23.8. The van der Waals surface area contributed by atoms with Gasteiger partial charge >= 0.3 is 0 Å². The van der Waals surface area contributed by atoms with E-state index in [1.807, 2.05) is 26.0 Å². The summed E-state index contributed by atoms with van der Waals surface area (Å²) in [7, 11) is 0. The highest BCUT2D eigenvalue weighted by Crippen LogP contribution is 2.31. The zero-order valence-corrected chi connectivity index (χ0v) is 18.8. The Hall–Kier alpha value is -2.49. The molecule has 0 heterocycles. The number of alkyl halides is 1. The predicted molar refractivity (Wildman–Crippen MR) is 121 cm³/mol. The summed E-state index contributed by atoms with van der Waals surface area (Å²) in [5.41, 5.74) is 2.44. The van der Waals surface area contributed by atoms with Gasteiger partial charge in [0.2, 0.25) is 5.69 Å². The molecule has 2 aromatic rings. The molecule has 5 nitrogen and oxygen atoms in total. The van der Waals surface area contributed by atoms with Crippen molar-refractivity contribution >= 4 is 33.2 Å². The molecule has 1 atom stereocenters. The van der Waals surface area contributed by atoms with E-state index in [9.17, 15) is 14.7 Å². The van der Waals surface area contributed by atoms with Gasteiger partial charge in [0.05, 0.1) is 18.0 Å². The van der Waals surface area contributed by atoms with E-state index in [2.05, 4.69) is 20.8 Å². The Bertz CT molecular complexity index is 916. The lowest BCUT2D eigenvalue weighted by Gasteiger charge is -2.16. The van der Waals surface area contributed by atoms with Gasteiger partial charge in [0.1, 0.15) is 5.75 Å². The first-order chi connectivity index (χ1) is 14.4. The number of halogens is 1. The molecule has 0 aliphatic heterocycles. The van der Waals surface area contributed by atoms with E-state index in [0.717, 1.165) is 5.56 Å². The summed E-state index contributed by atoms with van der Waals surface area (Å²) in [6.07, 6.45) is 1.33. The van der Waals surface area contributed by atoms with Gasteiger partial charge in [0, 0.05) is 24.2 Å². The molecule has 158 valence electrons. The highest BCUT2D eigenvalue weighted by atomic mass is 79.9. The van der Waals surface area contributed by atoms with Crippen LogP contribution in [0.3, 0.4) is 0 Å². The summed E-state index contributed by atoms with van der Waals surface area (Å²) in [5, 5.41) is 9.71. The zero-order valence-electron chi connectivity index (χ0n) is 17.2. The smallest absolute Gasteiger partial charge is 0.228 e. The minimum atomic E-state index is -0.0690. The Morgan fingerprint density at radius 2 is 1.77 bits per heavy atom. The molecular formula is C24H26BrNO4. The third kappa shape index (κ3) is 6.79. The Morgan fingerprint density at radius 1 is 1.10 bits per heavy atom. The van der Waals surface area contributed by atoms with Crippen molar-refractivity contribution < 1.29 is 19.4 Å². The third-order valence-corrected chi connectivity index (χ3v) is 5.21. The fourth-order valence-corrected chi connectivity index (χ4v) is 3.53. The molecule has 0 unspecified atom stereocenters. The summed E-state index contributed by atoms with van der Waals surface area (Å²) in [6, 6.07) is 12.3. The van der Waals surface area contributed by atoms with Crippen molar-refractivity contribution in [3.63, 3.8) is 0 Å². The van der Waals surface area contributed by atoms with Gasteiger partial charge < -0.3 is 9.84 Å². The van der Waals surface area contributed by atoms with Crippen molar-refractivity contribution in [3.8, 4) is 5.75 Å². The molecule has 1 N–H and O–H groups in total. The lowest BCUT2D eigenvalue weighted by molar-refractivity contribution is 0.0952. The first-order valence-electron chi connectivity index (χ1n) is 9.88. The van der Waals surface area contributed by atoms with Crippen LogP contribution in [0.5, 0.6) is 5.75 Å². The zero-order chi connectivity index (χ0) is 22.1. The number of Topliss-reactive ketones (excluding diaryl/α,β-unsaturated/α-hetero) is 2. The number of benzene rings is 2. The van der Waals surface area contributed by atoms with E-state index in [-0.39, 0.29) is 41.9 Å². The van der Waals surface area contributed by atoms with Crippen LogP contribution in [0.2, 0.25) is 0 Å². The van der Waals surface area contributed by atoms with Crippen LogP contribution in [0.15, 0.2) is 42.5 Å². The highest BCUT2D eigenvalue weighted by Gasteiger charge is 2.18. The van der Waals surface area contributed by atoms with Crippen LogP contribution in [-0.4, -0.2) is 34.7 Å². The molecule has 0 saturated heterocycles. The molecule has 0 spiro atoms. The summed E-state index contributed by atoms with van der Waals surface area (Å²) in [5.74, 6) is 0.384. The van der Waals surface area contributed by atoms with Crippen LogP contribution < -0.4 is 4.74 Å². The molecule has 6 heteroatoms. The Kier molecular flexibility index (Phi) is 9.22. The monoisotopic (exact) mass is 471 g/mol. The maximum absolute atomic E-state index is 12.8. The Morgan fingerprint density at radius 3 is 2.33 bits per heavy atom. The van der Waals surface area contributed by atoms with Crippen LogP contribution in [0.1, 0.15) is 53.0 Å². The molecule has 2 rings (SSSR count). The number of nitrogens with zero attached hydrogens (tertiary/aromatic N) is 1. The lowest BCUT2D eigenvalue weighted by atomic mass is 9.89. The second-order valence-corrected chi connectivity index (χ2v) is 7.99. The van der Waals surface area contributed by atoms with Crippen molar-refractivity contribution in [1.82, 2.24) is 0 Å². The molecule has 0 aliphatic rings. The number of aliphatic hydroxyl groups excluding tert-OH is 1. The minimum Gasteiger partial charge on any atom is -0.502 e. The largest absolute Gasteiger partial charge is 0.502 e. The highest BCUT2D eigenvalue weighted by molar-refractivity contribution is 9.09. The van der Waals surface area contributed by atoms with Gasteiger partial charge in [-0.25, -0.2) is 4.85 Å². The number of rotatable bonds is 11. The van der Waals surface area contributed by atoms with Gasteiger partial charge in [-0.15, -0.1) is 0 Å². The summed E-state index contributed by atoms with van der Waals surface area (Å²) >= 11 is 3.17. The average molecular weight is 472 g/mol. The first-order valence-corrected chi connectivity index (χ1v) is 11.0. The van der Waals surface area contributed by atoms with Gasteiger partial charge in [0.15, 0.2) is 11.6 Å². The number of hydrogen-bond acceptors (Lipinski definition) is 4. The van der Waals surface area contributed by atoms with E-state index >= 15 is 0 Å². The van der Waals surface area contributed by atoms with Crippen molar-refractivity contribution in [3.05, 3.63) is 70.6 Å². The van der Waals surface area contributed by atoms with Gasteiger partial charge in [-0.1, -0.05) is 46.3 Å². The molecule has 0 aromatic heterocycles. The molecule has 0 saturated carbocycles. The van der Waals surface area contributed by atoms with Gasteiger partial charge in [-0.05, 0) is 50.3 Å². The van der Waals surface area contributed by atoms with Crippen LogP contribution >= 0.6 is 15.9 Å². The molecule has 30 heavy (non-hydrogen) atoms. The van der Waals surface area contributed by atoms with Crippen LogP contribution in [-0.2, 0) is 6.42 Å². The van der Waals surface area contributed by atoms with Gasteiger partial charge in [-0.3, -0.25) is 9.59 Å². The van der Waals surface area contributed by atoms with Crippen LogP contribution in [0, 0.1) is 12.5 Å². The van der Waals surface area contributed by atoms with E-state index < -0.39 is 0 Å². The quantitative estimate of drug-likeness (QED) is 0.270. The predicted octanol–water partition coefficient (Wildman–Crippen LogP) is 5.42. The fourth-order valence-electron chi connectivity index (χ4n) is 3.21. The summed E-state index contributed by atoms with van der Waals surface area (Å²) in [6.45, 7) is 11.1. The van der Waals surface area contributed by atoms with E-state index in [1.54, 1.807) is 30.3 Å². The maximum Gasteiger partial charge on any atom is 0.228 e. The second kappa shape index (κ2) is 11.6. The molecule has 0 aliphatic carbocycles. The lowest BCUT2D eigenvalue weighted by Crippen LogP contribution is -2.14. The molecule has 0 bridgehead atoms. The molecule has 2 aromatic carbocycles. The summed E-state index contributed by atoms with van der Waals surface area (Å²) in [4.78, 5) is 28.0. The molecule has 0 amide bonds. The van der Waals surface area contributed by atoms with Gasteiger partial charge in [-0.2, -0.15) is 0 Å². The van der Waals surface area contributed by atoms with Gasteiger partial charge in [0.25, 0.3) is 0 Å². The molecule has 0 radical (unpaired) electrons. The fraction of sp³-hybridized carbons (Fsp3) is 0.375. The molecule has 0 fully saturated rings.